The smallest absolute Gasteiger partial charge is 0.106 e. The molecule has 0 amide bonds. The molecule has 0 spiro atoms. The number of aryl methyl sites for hydroxylation is 2. The van der Waals surface area contributed by atoms with Crippen LogP contribution in [0.1, 0.15) is 5.82 Å². The van der Waals surface area contributed by atoms with Crippen LogP contribution in [-0.2, 0) is 7.05 Å². The molecule has 0 fully saturated rings. The quantitative estimate of drug-likeness (QED) is 0.659. The van der Waals surface area contributed by atoms with Gasteiger partial charge in [-0.15, -0.1) is 0 Å². The molecule has 1 aromatic carbocycles. The zero-order valence-electron chi connectivity index (χ0n) is 8.21. The predicted molar refractivity (Wildman–Crippen MR) is 62.9 cm³/mol. The number of aromatic nitrogens is 2. The zero-order chi connectivity index (χ0) is 10.1. The Morgan fingerprint density at radius 1 is 1.50 bits per heavy atom. The highest BCUT2D eigenvalue weighted by molar-refractivity contribution is 9.09. The third kappa shape index (κ3) is 1.50. The number of hydrogen-bond acceptors (Lipinski definition) is 2. The molecule has 0 radical (unpaired) electrons. The molecule has 0 saturated heterocycles. The summed E-state index contributed by atoms with van der Waals surface area (Å²) >= 11 is 3.33. The maximum absolute atomic E-state index is 4.46. The summed E-state index contributed by atoms with van der Waals surface area (Å²) in [4.78, 5) is 4.46. The van der Waals surface area contributed by atoms with E-state index in [2.05, 4.69) is 49.0 Å². The summed E-state index contributed by atoms with van der Waals surface area (Å²) in [6.07, 6.45) is 0. The van der Waals surface area contributed by atoms with Crippen molar-refractivity contribution < 1.29 is 0 Å². The number of anilines is 1. The Balaban J connectivity index is 2.56. The van der Waals surface area contributed by atoms with Gasteiger partial charge in [-0.05, 0) is 25.1 Å². The van der Waals surface area contributed by atoms with Crippen molar-refractivity contribution in [3.63, 3.8) is 0 Å². The predicted octanol–water partition coefficient (Wildman–Crippen LogP) is 2.65. The van der Waals surface area contributed by atoms with E-state index in [1.165, 1.54) is 5.52 Å². The van der Waals surface area contributed by atoms with Crippen molar-refractivity contribution in [3.05, 3.63) is 24.0 Å². The van der Waals surface area contributed by atoms with Crippen LogP contribution in [0.5, 0.6) is 0 Å². The number of fused-ring (bicyclic) bond motifs is 1. The lowest BCUT2D eigenvalue weighted by molar-refractivity contribution is 0.886. The number of rotatable bonds is 2. The molecule has 4 heteroatoms. The second-order valence-electron chi connectivity index (χ2n) is 3.23. The van der Waals surface area contributed by atoms with Gasteiger partial charge in [0, 0.05) is 12.7 Å². The fraction of sp³-hybridized carbons (Fsp3) is 0.300. The number of alkyl halides is 1. The molecule has 14 heavy (non-hydrogen) atoms. The lowest BCUT2D eigenvalue weighted by Gasteiger charge is -2.01. The van der Waals surface area contributed by atoms with Gasteiger partial charge < -0.3 is 9.88 Å². The van der Waals surface area contributed by atoms with E-state index in [9.17, 15) is 0 Å². The third-order valence-electron chi connectivity index (χ3n) is 2.38. The fourth-order valence-corrected chi connectivity index (χ4v) is 1.83. The van der Waals surface area contributed by atoms with Crippen molar-refractivity contribution in [2.75, 3.05) is 10.8 Å². The minimum absolute atomic E-state index is 0.754. The van der Waals surface area contributed by atoms with E-state index in [0.29, 0.717) is 0 Å². The summed E-state index contributed by atoms with van der Waals surface area (Å²) in [6.45, 7) is 2.01. The summed E-state index contributed by atoms with van der Waals surface area (Å²) in [6, 6.07) is 6.20. The molecule has 74 valence electrons. The number of imidazole rings is 1. The van der Waals surface area contributed by atoms with E-state index in [1.807, 2.05) is 14.0 Å². The number of halogens is 1. The molecule has 0 aliphatic rings. The second-order valence-corrected chi connectivity index (χ2v) is 3.79. The van der Waals surface area contributed by atoms with Gasteiger partial charge in [0.25, 0.3) is 0 Å². The molecule has 2 aromatic rings. The van der Waals surface area contributed by atoms with Gasteiger partial charge in [-0.25, -0.2) is 4.98 Å². The first-order valence-electron chi connectivity index (χ1n) is 4.45. The average Bonchev–Trinajstić information content (AvgIpc) is 2.43. The molecule has 1 heterocycles. The highest BCUT2D eigenvalue weighted by Crippen LogP contribution is 2.19. The maximum Gasteiger partial charge on any atom is 0.106 e. The van der Waals surface area contributed by atoms with Gasteiger partial charge in [0.15, 0.2) is 0 Å². The molecule has 1 aromatic heterocycles. The first kappa shape index (κ1) is 9.52. The highest BCUT2D eigenvalue weighted by atomic mass is 79.9. The van der Waals surface area contributed by atoms with Crippen molar-refractivity contribution in [3.8, 4) is 0 Å². The normalized spacial score (nSPS) is 10.8. The second kappa shape index (κ2) is 3.61. The minimum Gasteiger partial charge on any atom is -0.375 e. The largest absolute Gasteiger partial charge is 0.375 e. The Bertz CT molecular complexity index is 462. The van der Waals surface area contributed by atoms with E-state index >= 15 is 0 Å². The molecule has 0 saturated carbocycles. The Morgan fingerprint density at radius 3 is 3.00 bits per heavy atom. The van der Waals surface area contributed by atoms with Crippen LogP contribution in [0.15, 0.2) is 18.2 Å². The van der Waals surface area contributed by atoms with Crippen LogP contribution in [0.4, 0.5) is 5.69 Å². The van der Waals surface area contributed by atoms with E-state index in [0.717, 1.165) is 22.5 Å². The van der Waals surface area contributed by atoms with Crippen LogP contribution in [0, 0.1) is 6.92 Å². The first-order chi connectivity index (χ1) is 6.72. The summed E-state index contributed by atoms with van der Waals surface area (Å²) < 4.78 is 2.09. The number of benzene rings is 1. The molecule has 0 unspecified atom stereocenters. The van der Waals surface area contributed by atoms with Crippen LogP contribution in [-0.4, -0.2) is 15.0 Å². The van der Waals surface area contributed by atoms with Gasteiger partial charge in [-0.1, -0.05) is 15.9 Å². The zero-order valence-corrected chi connectivity index (χ0v) is 9.80. The Labute approximate surface area is 91.3 Å². The SMILES string of the molecule is Cc1nc2cc(NCBr)ccc2n1C. The fourth-order valence-electron chi connectivity index (χ4n) is 1.51. The molecule has 0 aliphatic heterocycles. The van der Waals surface area contributed by atoms with Crippen LogP contribution in [0.2, 0.25) is 0 Å². The van der Waals surface area contributed by atoms with Crippen LogP contribution >= 0.6 is 15.9 Å². The lowest BCUT2D eigenvalue weighted by Crippen LogP contribution is -1.93. The van der Waals surface area contributed by atoms with Gasteiger partial charge >= 0.3 is 0 Å². The molecule has 0 bridgehead atoms. The van der Waals surface area contributed by atoms with Crippen molar-refractivity contribution in [1.82, 2.24) is 9.55 Å². The van der Waals surface area contributed by atoms with Gasteiger partial charge in [0.05, 0.1) is 16.5 Å². The first-order valence-corrected chi connectivity index (χ1v) is 5.57. The Morgan fingerprint density at radius 2 is 2.29 bits per heavy atom. The van der Waals surface area contributed by atoms with Crippen LogP contribution < -0.4 is 5.32 Å². The van der Waals surface area contributed by atoms with Crippen molar-refractivity contribution in [1.29, 1.82) is 0 Å². The standard InChI is InChI=1S/C10H12BrN3/c1-7-13-9-5-8(12-6-11)3-4-10(9)14(7)2/h3-5,12H,6H2,1-2H3. The average molecular weight is 254 g/mol. The van der Waals surface area contributed by atoms with E-state index in [-0.39, 0.29) is 0 Å². The lowest BCUT2D eigenvalue weighted by atomic mass is 10.3. The van der Waals surface area contributed by atoms with Gasteiger partial charge in [-0.2, -0.15) is 0 Å². The molecule has 3 nitrogen and oxygen atoms in total. The molecular formula is C10H12BrN3. The van der Waals surface area contributed by atoms with Crippen molar-refractivity contribution >= 4 is 32.7 Å². The minimum atomic E-state index is 0.754. The third-order valence-corrected chi connectivity index (χ3v) is 2.66. The number of nitrogens with zero attached hydrogens (tertiary/aromatic N) is 2. The monoisotopic (exact) mass is 253 g/mol. The Hall–Kier alpha value is -1.03. The molecule has 2 rings (SSSR count). The molecular weight excluding hydrogens is 242 g/mol. The van der Waals surface area contributed by atoms with Crippen molar-refractivity contribution in [2.24, 2.45) is 7.05 Å². The van der Waals surface area contributed by atoms with Gasteiger partial charge in [0.2, 0.25) is 0 Å². The molecule has 0 aliphatic carbocycles. The van der Waals surface area contributed by atoms with E-state index in [1.54, 1.807) is 0 Å². The maximum atomic E-state index is 4.46. The number of hydrogen-bond donors (Lipinski definition) is 1. The molecule has 0 atom stereocenters. The topological polar surface area (TPSA) is 29.9 Å². The van der Waals surface area contributed by atoms with Gasteiger partial charge in [0.1, 0.15) is 5.82 Å². The van der Waals surface area contributed by atoms with Gasteiger partial charge in [-0.3, -0.25) is 0 Å². The summed E-state index contributed by atoms with van der Waals surface area (Å²) in [7, 11) is 2.03. The van der Waals surface area contributed by atoms with E-state index in [4.69, 9.17) is 0 Å². The van der Waals surface area contributed by atoms with Crippen LogP contribution in [0.3, 0.4) is 0 Å². The van der Waals surface area contributed by atoms with Crippen LogP contribution in [0.25, 0.3) is 11.0 Å². The number of nitrogens with one attached hydrogen (secondary N) is 1. The Kier molecular flexibility index (Phi) is 2.46. The summed E-state index contributed by atoms with van der Waals surface area (Å²) in [5.41, 5.74) is 4.05. The summed E-state index contributed by atoms with van der Waals surface area (Å²) in [5.74, 6) is 1.04. The highest BCUT2D eigenvalue weighted by Gasteiger charge is 2.03. The summed E-state index contributed by atoms with van der Waals surface area (Å²) in [5, 5.41) is 3.20. The van der Waals surface area contributed by atoms with E-state index < -0.39 is 0 Å². The van der Waals surface area contributed by atoms with Crippen molar-refractivity contribution in [2.45, 2.75) is 6.92 Å². The molecule has 1 N–H and O–H groups in total.